The van der Waals surface area contributed by atoms with Gasteiger partial charge in [-0.3, -0.25) is 5.10 Å². The molecule has 1 amide bonds. The van der Waals surface area contributed by atoms with Gasteiger partial charge in [-0.1, -0.05) is 11.6 Å². The first-order valence-electron chi connectivity index (χ1n) is 7.98. The summed E-state index contributed by atoms with van der Waals surface area (Å²) < 4.78 is 5.32. The molecule has 0 aliphatic heterocycles. The van der Waals surface area contributed by atoms with E-state index in [1.54, 1.807) is 24.5 Å². The molecule has 26 heavy (non-hydrogen) atoms. The van der Waals surface area contributed by atoms with Crippen LogP contribution in [-0.4, -0.2) is 37.3 Å². The third kappa shape index (κ3) is 2.95. The highest BCUT2D eigenvalue weighted by Gasteiger charge is 2.16. The smallest absolute Gasteiger partial charge is 0.406 e. The van der Waals surface area contributed by atoms with E-state index < -0.39 is 6.09 Å². The molecule has 8 nitrogen and oxygen atoms in total. The van der Waals surface area contributed by atoms with Crippen LogP contribution in [0.1, 0.15) is 13.8 Å². The first-order chi connectivity index (χ1) is 12.5. The summed E-state index contributed by atoms with van der Waals surface area (Å²) in [5.74, 6) is 0.301. The molecule has 0 aliphatic rings. The Hall–Kier alpha value is -3.13. The highest BCUT2D eigenvalue weighted by Crippen LogP contribution is 2.29. The largest absolute Gasteiger partial charge is 0.412 e. The Balaban J connectivity index is 1.74. The van der Waals surface area contributed by atoms with Gasteiger partial charge in [-0.25, -0.2) is 14.8 Å². The van der Waals surface area contributed by atoms with Crippen LogP contribution in [0.3, 0.4) is 0 Å². The number of hydrogen-bond acceptors (Lipinski definition) is 5. The Morgan fingerprint density at radius 3 is 3.00 bits per heavy atom. The van der Waals surface area contributed by atoms with Gasteiger partial charge in [0.05, 0.1) is 11.7 Å². The molecule has 4 aromatic rings. The summed E-state index contributed by atoms with van der Waals surface area (Å²) in [5, 5.41) is 11.4. The van der Waals surface area contributed by atoms with Gasteiger partial charge in [0.15, 0.2) is 16.9 Å². The first-order valence-corrected chi connectivity index (χ1v) is 8.35. The standard InChI is InChI=1S/C17H15ClN6O2/c1-8(2)21-17(25)26-13-7-20-16-15(13)22-12(6-19-16)14-10-4-3-9(18)5-11(10)23-24-14/h3-8H,1-2H3,(H,19,20)(H,21,25)(H,23,24). The monoisotopic (exact) mass is 370 g/mol. The van der Waals surface area contributed by atoms with Crippen molar-refractivity contribution < 1.29 is 9.53 Å². The Bertz CT molecular complexity index is 1120. The molecule has 0 unspecified atom stereocenters. The highest BCUT2D eigenvalue weighted by molar-refractivity contribution is 6.31. The molecule has 0 spiro atoms. The number of nitrogens with zero attached hydrogens (tertiary/aromatic N) is 3. The van der Waals surface area contributed by atoms with Gasteiger partial charge in [-0.15, -0.1) is 0 Å². The number of aromatic amines is 2. The summed E-state index contributed by atoms with van der Waals surface area (Å²) in [6.07, 6.45) is 2.62. The molecule has 3 heterocycles. The fourth-order valence-electron chi connectivity index (χ4n) is 2.61. The van der Waals surface area contributed by atoms with Gasteiger partial charge >= 0.3 is 6.09 Å². The normalized spacial score (nSPS) is 11.4. The van der Waals surface area contributed by atoms with Crippen LogP contribution < -0.4 is 10.1 Å². The summed E-state index contributed by atoms with van der Waals surface area (Å²) in [6, 6.07) is 5.42. The van der Waals surface area contributed by atoms with Crippen LogP contribution in [-0.2, 0) is 0 Å². The highest BCUT2D eigenvalue weighted by atomic mass is 35.5. The number of rotatable bonds is 3. The van der Waals surface area contributed by atoms with E-state index in [4.69, 9.17) is 16.3 Å². The van der Waals surface area contributed by atoms with E-state index in [0.29, 0.717) is 33.3 Å². The van der Waals surface area contributed by atoms with Crippen LogP contribution in [0.25, 0.3) is 33.5 Å². The van der Waals surface area contributed by atoms with Crippen molar-refractivity contribution in [2.45, 2.75) is 19.9 Å². The number of carbonyl (C=O) groups is 1. The van der Waals surface area contributed by atoms with Crippen molar-refractivity contribution in [2.75, 3.05) is 0 Å². The molecule has 0 fully saturated rings. The molecule has 3 aromatic heterocycles. The zero-order chi connectivity index (χ0) is 18.3. The molecule has 0 bridgehead atoms. The molecular weight excluding hydrogens is 356 g/mol. The minimum atomic E-state index is -0.548. The maximum atomic E-state index is 11.9. The van der Waals surface area contributed by atoms with Crippen molar-refractivity contribution >= 4 is 39.8 Å². The van der Waals surface area contributed by atoms with Crippen LogP contribution in [0.15, 0.2) is 30.6 Å². The maximum absolute atomic E-state index is 11.9. The summed E-state index contributed by atoms with van der Waals surface area (Å²) in [5.41, 5.74) is 2.97. The fraction of sp³-hybridized carbons (Fsp3) is 0.176. The predicted octanol–water partition coefficient (Wildman–Crippen LogP) is 3.65. The van der Waals surface area contributed by atoms with Crippen molar-refractivity contribution in [3.63, 3.8) is 0 Å². The maximum Gasteiger partial charge on any atom is 0.412 e. The number of H-pyrrole nitrogens is 2. The topological polar surface area (TPSA) is 109 Å². The van der Waals surface area contributed by atoms with E-state index in [0.717, 1.165) is 10.9 Å². The van der Waals surface area contributed by atoms with E-state index in [1.807, 2.05) is 19.9 Å². The van der Waals surface area contributed by atoms with Crippen molar-refractivity contribution in [1.82, 2.24) is 30.5 Å². The van der Waals surface area contributed by atoms with Crippen LogP contribution in [0, 0.1) is 0 Å². The number of nitrogens with one attached hydrogen (secondary N) is 3. The lowest BCUT2D eigenvalue weighted by molar-refractivity contribution is 0.198. The average molecular weight is 371 g/mol. The number of aromatic nitrogens is 5. The minimum Gasteiger partial charge on any atom is -0.406 e. The van der Waals surface area contributed by atoms with E-state index >= 15 is 0 Å². The Morgan fingerprint density at radius 2 is 2.19 bits per heavy atom. The second kappa shape index (κ2) is 6.30. The Kier molecular flexibility index (Phi) is 3.96. The van der Waals surface area contributed by atoms with E-state index in [9.17, 15) is 4.79 Å². The average Bonchev–Trinajstić information content (AvgIpc) is 3.17. The number of hydrogen-bond donors (Lipinski definition) is 3. The SMILES string of the molecule is CC(C)NC(=O)Oc1c[nH]c2ncc(-c3n[nH]c4cc(Cl)ccc34)nc12. The minimum absolute atomic E-state index is 0.0309. The third-order valence-electron chi connectivity index (χ3n) is 3.72. The molecule has 0 aliphatic carbocycles. The lowest BCUT2D eigenvalue weighted by atomic mass is 10.2. The van der Waals surface area contributed by atoms with Crippen LogP contribution in [0.2, 0.25) is 5.02 Å². The Labute approximate surface area is 152 Å². The molecule has 0 atom stereocenters. The van der Waals surface area contributed by atoms with Crippen LogP contribution >= 0.6 is 11.6 Å². The molecule has 0 radical (unpaired) electrons. The van der Waals surface area contributed by atoms with Gasteiger partial charge in [-0.05, 0) is 32.0 Å². The van der Waals surface area contributed by atoms with E-state index in [1.165, 1.54) is 0 Å². The molecule has 9 heteroatoms. The summed E-state index contributed by atoms with van der Waals surface area (Å²) >= 11 is 6.01. The zero-order valence-corrected chi connectivity index (χ0v) is 14.8. The quantitative estimate of drug-likeness (QED) is 0.510. The molecular formula is C17H15ClN6O2. The predicted molar refractivity (Wildman–Crippen MR) is 98.3 cm³/mol. The molecule has 0 saturated carbocycles. The second-order valence-electron chi connectivity index (χ2n) is 6.06. The molecule has 132 valence electrons. The van der Waals surface area contributed by atoms with Crippen LogP contribution in [0.5, 0.6) is 5.75 Å². The van der Waals surface area contributed by atoms with Crippen LogP contribution in [0.4, 0.5) is 4.79 Å². The first kappa shape index (κ1) is 16.3. The zero-order valence-electron chi connectivity index (χ0n) is 14.0. The van der Waals surface area contributed by atoms with Crippen molar-refractivity contribution in [2.24, 2.45) is 0 Å². The molecule has 3 N–H and O–H groups in total. The third-order valence-corrected chi connectivity index (χ3v) is 3.96. The molecule has 1 aromatic carbocycles. The number of ether oxygens (including phenoxy) is 1. The fourth-order valence-corrected chi connectivity index (χ4v) is 2.78. The number of carbonyl (C=O) groups excluding carboxylic acids is 1. The van der Waals surface area contributed by atoms with E-state index in [2.05, 4.69) is 30.5 Å². The number of amides is 1. The second-order valence-corrected chi connectivity index (χ2v) is 6.49. The van der Waals surface area contributed by atoms with Crippen molar-refractivity contribution in [3.05, 3.63) is 35.6 Å². The van der Waals surface area contributed by atoms with Crippen molar-refractivity contribution in [1.29, 1.82) is 0 Å². The summed E-state index contributed by atoms with van der Waals surface area (Å²) in [4.78, 5) is 23.7. The summed E-state index contributed by atoms with van der Waals surface area (Å²) in [7, 11) is 0. The van der Waals surface area contributed by atoms with Gasteiger partial charge in [0, 0.05) is 22.6 Å². The lowest BCUT2D eigenvalue weighted by Gasteiger charge is -2.07. The van der Waals surface area contributed by atoms with Gasteiger partial charge in [-0.2, -0.15) is 5.10 Å². The van der Waals surface area contributed by atoms with Gasteiger partial charge in [0.2, 0.25) is 0 Å². The van der Waals surface area contributed by atoms with E-state index in [-0.39, 0.29) is 6.04 Å². The number of halogens is 1. The van der Waals surface area contributed by atoms with Gasteiger partial charge < -0.3 is 15.0 Å². The number of fused-ring (bicyclic) bond motifs is 2. The van der Waals surface area contributed by atoms with Gasteiger partial charge in [0.1, 0.15) is 11.4 Å². The van der Waals surface area contributed by atoms with Gasteiger partial charge in [0.25, 0.3) is 0 Å². The molecule has 0 saturated heterocycles. The lowest BCUT2D eigenvalue weighted by Crippen LogP contribution is -2.32. The number of benzene rings is 1. The summed E-state index contributed by atoms with van der Waals surface area (Å²) in [6.45, 7) is 3.70. The van der Waals surface area contributed by atoms with Crippen molar-refractivity contribution in [3.8, 4) is 17.1 Å². The molecule has 4 rings (SSSR count). The Morgan fingerprint density at radius 1 is 1.35 bits per heavy atom.